The predicted octanol–water partition coefficient (Wildman–Crippen LogP) is 0.704. The monoisotopic (exact) mass is 175 g/mol. The first-order valence-corrected chi connectivity index (χ1v) is 3.88. The summed E-state index contributed by atoms with van der Waals surface area (Å²) in [5.74, 6) is 1.59. The number of hydrogen-bond acceptors (Lipinski definition) is 4. The molecule has 13 heavy (non-hydrogen) atoms. The molecule has 0 aromatic carbocycles. The Balaban J connectivity index is 2.41. The van der Waals surface area contributed by atoms with Crippen LogP contribution < -0.4 is 5.32 Å². The molecule has 66 valence electrons. The molecular weight excluding hydrogens is 166 g/mol. The lowest BCUT2D eigenvalue weighted by molar-refractivity contribution is 0.971. The molecule has 0 aliphatic heterocycles. The van der Waals surface area contributed by atoms with E-state index < -0.39 is 0 Å². The summed E-state index contributed by atoms with van der Waals surface area (Å²) in [4.78, 5) is 12.0. The van der Waals surface area contributed by atoms with Crippen LogP contribution in [0.15, 0.2) is 31.1 Å². The van der Waals surface area contributed by atoms with Gasteiger partial charge in [-0.1, -0.05) is 0 Å². The Morgan fingerprint density at radius 1 is 1.38 bits per heavy atom. The highest BCUT2D eigenvalue weighted by Gasteiger charge is 1.97. The van der Waals surface area contributed by atoms with Crippen molar-refractivity contribution in [3.05, 3.63) is 31.1 Å². The Morgan fingerprint density at radius 3 is 3.00 bits per heavy atom. The molecule has 0 fully saturated rings. The van der Waals surface area contributed by atoms with Gasteiger partial charge in [-0.15, -0.1) is 0 Å². The van der Waals surface area contributed by atoms with E-state index in [4.69, 9.17) is 0 Å². The molecule has 0 saturated heterocycles. The molecule has 1 N–H and O–H groups in total. The fourth-order valence-electron chi connectivity index (χ4n) is 1.02. The summed E-state index contributed by atoms with van der Waals surface area (Å²) in [6, 6.07) is 1.85. The molecule has 2 aromatic rings. The third kappa shape index (κ3) is 1.48. The molecule has 0 spiro atoms. The van der Waals surface area contributed by atoms with Crippen LogP contribution in [0.4, 0.5) is 5.82 Å². The van der Waals surface area contributed by atoms with Crippen molar-refractivity contribution in [2.75, 3.05) is 12.4 Å². The third-order valence-electron chi connectivity index (χ3n) is 1.68. The van der Waals surface area contributed by atoms with E-state index in [-0.39, 0.29) is 0 Å². The second kappa shape index (κ2) is 3.22. The SMILES string of the molecule is CNc1cc(-n2ccnc2)ncn1. The quantitative estimate of drug-likeness (QED) is 0.730. The zero-order valence-corrected chi connectivity index (χ0v) is 7.18. The maximum absolute atomic E-state index is 4.10. The molecule has 2 rings (SSSR count). The number of anilines is 1. The first-order valence-electron chi connectivity index (χ1n) is 3.88. The molecule has 0 saturated carbocycles. The Labute approximate surface area is 75.5 Å². The van der Waals surface area contributed by atoms with Gasteiger partial charge in [0.05, 0.1) is 0 Å². The highest BCUT2D eigenvalue weighted by molar-refractivity contribution is 5.39. The van der Waals surface area contributed by atoms with Crippen LogP contribution in [0.3, 0.4) is 0 Å². The average Bonchev–Trinajstić information content (AvgIpc) is 2.71. The molecular formula is C8H9N5. The van der Waals surface area contributed by atoms with Gasteiger partial charge in [-0.3, -0.25) is 4.57 Å². The first kappa shape index (κ1) is 7.72. The van der Waals surface area contributed by atoms with Crippen LogP contribution in [-0.4, -0.2) is 26.6 Å². The summed E-state index contributed by atoms with van der Waals surface area (Å²) in [6.07, 6.45) is 6.76. The number of nitrogens with one attached hydrogen (secondary N) is 1. The standard InChI is InChI=1S/C8H9N5/c1-9-7-4-8(12-5-11-7)13-3-2-10-6-13/h2-6H,1H3,(H,9,11,12). The molecule has 5 nitrogen and oxygen atoms in total. The van der Waals surface area contributed by atoms with Gasteiger partial charge in [0.2, 0.25) is 0 Å². The molecule has 0 bridgehead atoms. The number of aromatic nitrogens is 4. The topological polar surface area (TPSA) is 55.6 Å². The van der Waals surface area contributed by atoms with E-state index in [9.17, 15) is 0 Å². The van der Waals surface area contributed by atoms with Gasteiger partial charge in [-0.2, -0.15) is 0 Å². The summed E-state index contributed by atoms with van der Waals surface area (Å²) in [5, 5.41) is 2.94. The Morgan fingerprint density at radius 2 is 2.31 bits per heavy atom. The lowest BCUT2D eigenvalue weighted by atomic mass is 10.5. The van der Waals surface area contributed by atoms with Crippen molar-refractivity contribution in [1.29, 1.82) is 0 Å². The fourth-order valence-corrected chi connectivity index (χ4v) is 1.02. The maximum atomic E-state index is 4.10. The van der Waals surface area contributed by atoms with Gasteiger partial charge in [-0.25, -0.2) is 15.0 Å². The second-order valence-corrected chi connectivity index (χ2v) is 2.48. The highest BCUT2D eigenvalue weighted by Crippen LogP contribution is 2.06. The van der Waals surface area contributed by atoms with E-state index in [2.05, 4.69) is 20.3 Å². The summed E-state index contributed by atoms with van der Waals surface area (Å²) in [6.45, 7) is 0. The molecule has 2 heterocycles. The van der Waals surface area contributed by atoms with Gasteiger partial charge in [0.15, 0.2) is 0 Å². The van der Waals surface area contributed by atoms with Crippen LogP contribution in [0.2, 0.25) is 0 Å². The minimum Gasteiger partial charge on any atom is -0.373 e. The third-order valence-corrected chi connectivity index (χ3v) is 1.68. The highest BCUT2D eigenvalue weighted by atomic mass is 15.1. The van der Waals surface area contributed by atoms with Crippen molar-refractivity contribution < 1.29 is 0 Å². The van der Waals surface area contributed by atoms with Crippen LogP contribution in [0.1, 0.15) is 0 Å². The number of imidazole rings is 1. The van der Waals surface area contributed by atoms with E-state index >= 15 is 0 Å². The van der Waals surface area contributed by atoms with E-state index in [1.807, 2.05) is 23.9 Å². The second-order valence-electron chi connectivity index (χ2n) is 2.48. The van der Waals surface area contributed by atoms with Crippen LogP contribution in [0, 0.1) is 0 Å². The normalized spacial score (nSPS) is 9.92. The number of nitrogens with zero attached hydrogens (tertiary/aromatic N) is 4. The van der Waals surface area contributed by atoms with E-state index in [1.165, 1.54) is 6.33 Å². The minimum absolute atomic E-state index is 0.790. The largest absolute Gasteiger partial charge is 0.373 e. The van der Waals surface area contributed by atoms with Gasteiger partial charge >= 0.3 is 0 Å². The van der Waals surface area contributed by atoms with Crippen LogP contribution >= 0.6 is 0 Å². The van der Waals surface area contributed by atoms with Crippen molar-refractivity contribution in [1.82, 2.24) is 19.5 Å². The van der Waals surface area contributed by atoms with E-state index in [0.717, 1.165) is 11.6 Å². The smallest absolute Gasteiger partial charge is 0.143 e. The summed E-state index contributed by atoms with van der Waals surface area (Å²) in [5.41, 5.74) is 0. The van der Waals surface area contributed by atoms with E-state index in [0.29, 0.717) is 0 Å². The Kier molecular flexibility index (Phi) is 1.91. The van der Waals surface area contributed by atoms with E-state index in [1.54, 1.807) is 12.5 Å². The molecule has 0 amide bonds. The summed E-state index contributed by atoms with van der Waals surface area (Å²) in [7, 11) is 1.82. The molecule has 0 atom stereocenters. The zero-order valence-electron chi connectivity index (χ0n) is 7.18. The number of rotatable bonds is 2. The van der Waals surface area contributed by atoms with Crippen molar-refractivity contribution in [2.24, 2.45) is 0 Å². The molecule has 0 aliphatic carbocycles. The molecule has 0 unspecified atom stereocenters. The van der Waals surface area contributed by atoms with Crippen LogP contribution in [0.5, 0.6) is 0 Å². The molecule has 0 aliphatic rings. The lowest BCUT2D eigenvalue weighted by Crippen LogP contribution is -1.98. The summed E-state index contributed by atoms with van der Waals surface area (Å²) >= 11 is 0. The molecule has 0 radical (unpaired) electrons. The van der Waals surface area contributed by atoms with Gasteiger partial charge in [-0.05, 0) is 0 Å². The molecule has 5 heteroatoms. The Bertz CT molecular complexity index is 381. The van der Waals surface area contributed by atoms with Crippen LogP contribution in [0.25, 0.3) is 5.82 Å². The summed E-state index contributed by atoms with van der Waals surface area (Å²) < 4.78 is 1.82. The van der Waals surface area contributed by atoms with Crippen molar-refractivity contribution in [3.8, 4) is 5.82 Å². The van der Waals surface area contributed by atoms with Gasteiger partial charge < -0.3 is 5.32 Å². The van der Waals surface area contributed by atoms with Gasteiger partial charge in [0.1, 0.15) is 24.3 Å². The van der Waals surface area contributed by atoms with Gasteiger partial charge in [0.25, 0.3) is 0 Å². The lowest BCUT2D eigenvalue weighted by Gasteiger charge is -2.02. The predicted molar refractivity (Wildman–Crippen MR) is 48.7 cm³/mol. The van der Waals surface area contributed by atoms with Crippen molar-refractivity contribution in [3.63, 3.8) is 0 Å². The average molecular weight is 175 g/mol. The first-order chi connectivity index (χ1) is 6.40. The van der Waals surface area contributed by atoms with Gasteiger partial charge in [0, 0.05) is 25.5 Å². The van der Waals surface area contributed by atoms with Crippen molar-refractivity contribution >= 4 is 5.82 Å². The van der Waals surface area contributed by atoms with Crippen molar-refractivity contribution in [2.45, 2.75) is 0 Å². The fraction of sp³-hybridized carbons (Fsp3) is 0.125. The maximum Gasteiger partial charge on any atom is 0.143 e. The Hall–Kier alpha value is -1.91. The number of hydrogen-bond donors (Lipinski definition) is 1. The zero-order chi connectivity index (χ0) is 9.10. The minimum atomic E-state index is 0.790. The molecule has 2 aromatic heterocycles. The van der Waals surface area contributed by atoms with Crippen LogP contribution in [-0.2, 0) is 0 Å².